The molecule has 1 fully saturated rings. The van der Waals surface area contributed by atoms with Crippen molar-refractivity contribution in [3.8, 4) is 0 Å². The van der Waals surface area contributed by atoms with Crippen LogP contribution < -0.4 is 10.6 Å². The molecule has 0 radical (unpaired) electrons. The van der Waals surface area contributed by atoms with E-state index in [1.54, 1.807) is 0 Å². The molecule has 0 spiro atoms. The second-order valence-corrected chi connectivity index (χ2v) is 4.57. The van der Waals surface area contributed by atoms with Gasteiger partial charge in [0.1, 0.15) is 5.84 Å². The molecule has 0 unspecified atom stereocenters. The fourth-order valence-electron chi connectivity index (χ4n) is 1.32. The number of amidine groups is 1. The third-order valence-corrected chi connectivity index (χ3v) is 2.89. The van der Waals surface area contributed by atoms with Crippen LogP contribution in [0.25, 0.3) is 0 Å². The van der Waals surface area contributed by atoms with Crippen molar-refractivity contribution in [1.82, 2.24) is 10.6 Å². The van der Waals surface area contributed by atoms with Gasteiger partial charge in [-0.25, -0.2) is 0 Å². The lowest BCUT2D eigenvalue weighted by Crippen LogP contribution is -2.48. The minimum Gasteiger partial charge on any atom is -0.368 e. The van der Waals surface area contributed by atoms with E-state index in [0.717, 1.165) is 25.5 Å². The molecule has 1 rings (SSSR count). The van der Waals surface area contributed by atoms with Gasteiger partial charge < -0.3 is 10.6 Å². The zero-order chi connectivity index (χ0) is 12.0. The van der Waals surface area contributed by atoms with Crippen LogP contribution in [-0.4, -0.2) is 32.2 Å². The number of nitrogens with one attached hydrogen (secondary N) is 2. The van der Waals surface area contributed by atoms with Crippen molar-refractivity contribution in [1.29, 1.82) is 0 Å². The molecule has 0 bridgehead atoms. The van der Waals surface area contributed by atoms with Gasteiger partial charge >= 0.3 is 0 Å². The van der Waals surface area contributed by atoms with Crippen LogP contribution >= 0.6 is 0 Å². The van der Waals surface area contributed by atoms with Crippen molar-refractivity contribution < 1.29 is 0 Å². The molecule has 4 heteroatoms. The molecule has 0 atom stereocenters. The highest BCUT2D eigenvalue weighted by atomic mass is 15.2. The molecule has 90 valence electrons. The van der Waals surface area contributed by atoms with Gasteiger partial charge in [0.15, 0.2) is 0 Å². The Morgan fingerprint density at radius 3 is 2.69 bits per heavy atom. The number of nitrogens with zero attached hydrogens (tertiary/aromatic N) is 2. The van der Waals surface area contributed by atoms with Crippen LogP contribution in [0.1, 0.15) is 20.8 Å². The van der Waals surface area contributed by atoms with Crippen LogP contribution in [0.4, 0.5) is 0 Å². The van der Waals surface area contributed by atoms with Crippen molar-refractivity contribution in [2.24, 2.45) is 22.0 Å². The molecular formula is C12H22N4. The summed E-state index contributed by atoms with van der Waals surface area (Å²) >= 11 is 0. The highest BCUT2D eigenvalue weighted by molar-refractivity contribution is 5.93. The predicted octanol–water partition coefficient (Wildman–Crippen LogP) is 1.41. The SMILES string of the molecule is C=N/N=C(\C=C(/C)C(C)C)NCC1CNC1. The summed E-state index contributed by atoms with van der Waals surface area (Å²) in [6, 6.07) is 0. The second kappa shape index (κ2) is 6.43. The van der Waals surface area contributed by atoms with Gasteiger partial charge in [-0.15, -0.1) is 5.10 Å². The summed E-state index contributed by atoms with van der Waals surface area (Å²) in [6.45, 7) is 13.0. The van der Waals surface area contributed by atoms with Gasteiger partial charge in [-0.05, 0) is 18.9 Å². The van der Waals surface area contributed by atoms with Crippen molar-refractivity contribution in [2.75, 3.05) is 19.6 Å². The lowest BCUT2D eigenvalue weighted by molar-refractivity contribution is 0.347. The smallest absolute Gasteiger partial charge is 0.148 e. The second-order valence-electron chi connectivity index (χ2n) is 4.57. The lowest BCUT2D eigenvalue weighted by Gasteiger charge is -2.27. The Labute approximate surface area is 97.9 Å². The first-order valence-corrected chi connectivity index (χ1v) is 5.80. The van der Waals surface area contributed by atoms with Crippen LogP contribution in [0, 0.1) is 11.8 Å². The summed E-state index contributed by atoms with van der Waals surface area (Å²) in [5.74, 6) is 2.05. The van der Waals surface area contributed by atoms with Gasteiger partial charge in [0.05, 0.1) is 0 Å². The van der Waals surface area contributed by atoms with Crippen LogP contribution in [-0.2, 0) is 0 Å². The zero-order valence-corrected chi connectivity index (χ0v) is 10.5. The molecule has 0 saturated carbocycles. The highest BCUT2D eigenvalue weighted by Gasteiger charge is 2.16. The first kappa shape index (κ1) is 12.9. The fourth-order valence-corrected chi connectivity index (χ4v) is 1.32. The van der Waals surface area contributed by atoms with Crippen molar-refractivity contribution in [3.05, 3.63) is 11.6 Å². The number of rotatable bonds is 5. The largest absolute Gasteiger partial charge is 0.368 e. The van der Waals surface area contributed by atoms with E-state index in [0.29, 0.717) is 11.8 Å². The van der Waals surface area contributed by atoms with E-state index in [-0.39, 0.29) is 0 Å². The Morgan fingerprint density at radius 2 is 2.25 bits per heavy atom. The van der Waals surface area contributed by atoms with E-state index in [1.165, 1.54) is 5.57 Å². The minimum atomic E-state index is 0.530. The van der Waals surface area contributed by atoms with E-state index in [2.05, 4.69) is 48.3 Å². The van der Waals surface area contributed by atoms with Crippen molar-refractivity contribution in [3.63, 3.8) is 0 Å². The van der Waals surface area contributed by atoms with Gasteiger partial charge in [-0.3, -0.25) is 0 Å². The predicted molar refractivity (Wildman–Crippen MR) is 69.9 cm³/mol. The minimum absolute atomic E-state index is 0.530. The quantitative estimate of drug-likeness (QED) is 0.420. The van der Waals surface area contributed by atoms with E-state index in [1.807, 2.05) is 6.08 Å². The monoisotopic (exact) mass is 222 g/mol. The fraction of sp³-hybridized carbons (Fsp3) is 0.667. The summed E-state index contributed by atoms with van der Waals surface area (Å²) in [4.78, 5) is 0. The molecule has 0 aliphatic carbocycles. The molecule has 1 aliphatic heterocycles. The third-order valence-electron chi connectivity index (χ3n) is 2.89. The van der Waals surface area contributed by atoms with E-state index in [4.69, 9.17) is 0 Å². The average Bonchev–Trinajstić information content (AvgIpc) is 2.15. The van der Waals surface area contributed by atoms with E-state index >= 15 is 0 Å². The topological polar surface area (TPSA) is 48.8 Å². The summed E-state index contributed by atoms with van der Waals surface area (Å²) < 4.78 is 0. The average molecular weight is 222 g/mol. The number of hydrogen-bond acceptors (Lipinski definition) is 3. The molecule has 0 aromatic carbocycles. The van der Waals surface area contributed by atoms with Crippen LogP contribution in [0.2, 0.25) is 0 Å². The first-order valence-electron chi connectivity index (χ1n) is 5.80. The third kappa shape index (κ3) is 4.14. The maximum atomic E-state index is 4.00. The summed E-state index contributed by atoms with van der Waals surface area (Å²) in [5.41, 5.74) is 1.29. The summed E-state index contributed by atoms with van der Waals surface area (Å²) in [5, 5.41) is 14.1. The Balaban J connectivity index is 2.49. The van der Waals surface area contributed by atoms with Gasteiger partial charge in [0.25, 0.3) is 0 Å². The molecule has 2 N–H and O–H groups in total. The first-order chi connectivity index (χ1) is 7.63. The van der Waals surface area contributed by atoms with E-state index in [9.17, 15) is 0 Å². The molecular weight excluding hydrogens is 200 g/mol. The highest BCUT2D eigenvalue weighted by Crippen LogP contribution is 2.08. The molecule has 1 saturated heterocycles. The lowest BCUT2D eigenvalue weighted by atomic mass is 10.0. The Kier molecular flexibility index (Phi) is 5.19. The normalized spacial score (nSPS) is 18.5. The van der Waals surface area contributed by atoms with Gasteiger partial charge in [0.2, 0.25) is 0 Å². The van der Waals surface area contributed by atoms with Crippen LogP contribution in [0.3, 0.4) is 0 Å². The summed E-state index contributed by atoms with van der Waals surface area (Å²) in [6.07, 6.45) is 2.05. The number of hydrogen-bond donors (Lipinski definition) is 2. The number of allylic oxidation sites excluding steroid dienone is 1. The van der Waals surface area contributed by atoms with Gasteiger partial charge in [-0.2, -0.15) is 5.10 Å². The molecule has 1 heterocycles. The molecule has 0 aromatic heterocycles. The zero-order valence-electron chi connectivity index (χ0n) is 10.5. The summed E-state index contributed by atoms with van der Waals surface area (Å²) in [7, 11) is 0. The van der Waals surface area contributed by atoms with Gasteiger partial charge in [0, 0.05) is 32.3 Å². The molecule has 1 aliphatic rings. The maximum Gasteiger partial charge on any atom is 0.148 e. The van der Waals surface area contributed by atoms with E-state index < -0.39 is 0 Å². The molecule has 0 amide bonds. The Bertz CT molecular complexity index is 287. The van der Waals surface area contributed by atoms with Crippen LogP contribution in [0.5, 0.6) is 0 Å². The molecule has 0 aromatic rings. The Morgan fingerprint density at radius 1 is 1.56 bits per heavy atom. The Hall–Kier alpha value is -1.16. The molecule has 16 heavy (non-hydrogen) atoms. The maximum absolute atomic E-state index is 4.00. The molecule has 4 nitrogen and oxygen atoms in total. The van der Waals surface area contributed by atoms with Crippen LogP contribution in [0.15, 0.2) is 21.9 Å². The standard InChI is InChI=1S/C12H22N4/c1-9(2)10(3)5-12(16-13-4)15-8-11-6-14-7-11/h5,9,11,14H,4,6-8H2,1-3H3,(H,15,16)/b10-5+. The van der Waals surface area contributed by atoms with Gasteiger partial charge in [-0.1, -0.05) is 19.4 Å². The van der Waals surface area contributed by atoms with Crippen molar-refractivity contribution in [2.45, 2.75) is 20.8 Å². The van der Waals surface area contributed by atoms with Crippen molar-refractivity contribution >= 4 is 12.6 Å².